The molecule has 1 saturated carbocycles. The zero-order valence-electron chi connectivity index (χ0n) is 18.0. The lowest BCUT2D eigenvalue weighted by Crippen LogP contribution is -2.30. The predicted octanol–water partition coefficient (Wildman–Crippen LogP) is 3.07. The minimum Gasteiger partial charge on any atom is -0.324 e. The molecule has 176 valence electrons. The van der Waals surface area contributed by atoms with Crippen LogP contribution in [0.25, 0.3) is 16.9 Å². The Bertz CT molecular complexity index is 1450. The Labute approximate surface area is 191 Å². The number of benzene rings is 1. The van der Waals surface area contributed by atoms with E-state index in [1.54, 1.807) is 16.9 Å². The van der Waals surface area contributed by atoms with E-state index < -0.39 is 18.3 Å². The molecular formula is C22H21F3N8O. The molecule has 0 spiro atoms. The Morgan fingerprint density at radius 3 is 2.82 bits per heavy atom. The van der Waals surface area contributed by atoms with Crippen molar-refractivity contribution in [2.75, 3.05) is 11.9 Å². The molecule has 6 rings (SSSR count). The molecular weight excluding hydrogens is 449 g/mol. The molecule has 0 unspecified atom stereocenters. The van der Waals surface area contributed by atoms with Crippen LogP contribution in [0.2, 0.25) is 0 Å². The monoisotopic (exact) mass is 470 g/mol. The largest absolute Gasteiger partial charge is 0.408 e. The van der Waals surface area contributed by atoms with Gasteiger partial charge in [0.2, 0.25) is 5.95 Å². The Kier molecular flexibility index (Phi) is 4.73. The molecule has 3 aromatic heterocycles. The molecule has 12 heteroatoms. The molecule has 1 fully saturated rings. The first kappa shape index (κ1) is 20.9. The third kappa shape index (κ3) is 3.83. The average Bonchev–Trinajstić information content (AvgIpc) is 3.49. The molecule has 1 aliphatic heterocycles. The lowest BCUT2D eigenvalue weighted by molar-refractivity contribution is -0.144. The molecule has 0 bridgehead atoms. The molecule has 9 nitrogen and oxygen atoms in total. The van der Waals surface area contributed by atoms with Gasteiger partial charge in [0.25, 0.3) is 5.56 Å². The molecule has 34 heavy (non-hydrogen) atoms. The van der Waals surface area contributed by atoms with Crippen molar-refractivity contribution < 1.29 is 13.2 Å². The van der Waals surface area contributed by atoms with Crippen LogP contribution < -0.4 is 16.2 Å². The fraction of sp³-hybridized carbons (Fsp3) is 0.364. The summed E-state index contributed by atoms with van der Waals surface area (Å²) in [5, 5.41) is 10.9. The lowest BCUT2D eigenvalue weighted by atomic mass is 10.0. The zero-order valence-corrected chi connectivity index (χ0v) is 18.0. The first-order chi connectivity index (χ1) is 16.4. The average molecular weight is 470 g/mol. The van der Waals surface area contributed by atoms with Gasteiger partial charge in [-0.25, -0.2) is 14.3 Å². The molecule has 2 aliphatic rings. The molecule has 2 N–H and O–H groups in total. The Balaban J connectivity index is 1.44. The highest BCUT2D eigenvalue weighted by Crippen LogP contribution is 2.34. The second-order valence-corrected chi connectivity index (χ2v) is 8.64. The summed E-state index contributed by atoms with van der Waals surface area (Å²) in [7, 11) is 0. The van der Waals surface area contributed by atoms with Crippen LogP contribution in [0, 0.1) is 0 Å². The number of alkyl halides is 3. The van der Waals surface area contributed by atoms with Crippen molar-refractivity contribution in [1.82, 2.24) is 34.4 Å². The van der Waals surface area contributed by atoms with Crippen LogP contribution in [-0.4, -0.2) is 41.8 Å². The fourth-order valence-electron chi connectivity index (χ4n) is 4.30. The second-order valence-electron chi connectivity index (χ2n) is 8.64. The van der Waals surface area contributed by atoms with E-state index in [0.717, 1.165) is 42.7 Å². The van der Waals surface area contributed by atoms with Gasteiger partial charge in [-0.05, 0) is 49.1 Å². The minimum atomic E-state index is -4.60. The summed E-state index contributed by atoms with van der Waals surface area (Å²) in [5.74, 6) is 0.384. The number of fused-ring (bicyclic) bond motifs is 2. The quantitative estimate of drug-likeness (QED) is 0.466. The van der Waals surface area contributed by atoms with Crippen molar-refractivity contribution in [3.63, 3.8) is 0 Å². The fourth-order valence-corrected chi connectivity index (χ4v) is 4.30. The van der Waals surface area contributed by atoms with E-state index in [1.165, 1.54) is 17.3 Å². The van der Waals surface area contributed by atoms with Gasteiger partial charge in [-0.2, -0.15) is 23.3 Å². The van der Waals surface area contributed by atoms with Crippen LogP contribution >= 0.6 is 0 Å². The summed E-state index contributed by atoms with van der Waals surface area (Å²) in [6.45, 7) is 0.246. The molecule has 0 amide bonds. The van der Waals surface area contributed by atoms with Gasteiger partial charge in [0.15, 0.2) is 11.5 Å². The normalized spacial score (nSPS) is 16.1. The van der Waals surface area contributed by atoms with Crippen molar-refractivity contribution in [3.05, 3.63) is 58.1 Å². The van der Waals surface area contributed by atoms with Crippen molar-refractivity contribution >= 4 is 22.7 Å². The standard InChI is InChI=1S/C22H21F3N8O/c23-22(24,25)12-32-20(34)17-11-27-21(28-15-2-1-14-10-26-7-5-13(14)9-15)29-19(17)33(32)18-6-8-31(30-18)16-3-4-16/h1-2,6,8-9,11,16,26H,3-5,7,10,12H2,(H,27,28,29). The summed E-state index contributed by atoms with van der Waals surface area (Å²) in [6.07, 6.45) is 1.21. The number of aromatic nitrogens is 6. The van der Waals surface area contributed by atoms with Crippen LogP contribution in [0.5, 0.6) is 0 Å². The summed E-state index contributed by atoms with van der Waals surface area (Å²) in [4.78, 5) is 21.5. The van der Waals surface area contributed by atoms with E-state index in [0.29, 0.717) is 4.68 Å². The molecule has 0 atom stereocenters. The Hall–Kier alpha value is -3.67. The molecule has 1 aliphatic carbocycles. The first-order valence-corrected chi connectivity index (χ1v) is 11.1. The highest BCUT2D eigenvalue weighted by Gasteiger charge is 2.33. The van der Waals surface area contributed by atoms with Gasteiger partial charge < -0.3 is 10.6 Å². The van der Waals surface area contributed by atoms with E-state index in [-0.39, 0.29) is 28.8 Å². The molecule has 4 aromatic rings. The number of hydrogen-bond acceptors (Lipinski definition) is 6. The maximum Gasteiger partial charge on any atom is 0.408 e. The maximum atomic E-state index is 13.3. The first-order valence-electron chi connectivity index (χ1n) is 11.1. The summed E-state index contributed by atoms with van der Waals surface area (Å²) < 4.78 is 43.5. The smallest absolute Gasteiger partial charge is 0.324 e. The lowest BCUT2D eigenvalue weighted by Gasteiger charge is -2.18. The SMILES string of the molecule is O=c1c2cnc(Nc3ccc4c(c3)CCNC4)nc2n(-c2ccn(C3CC3)n2)n1CC(F)(F)F. The van der Waals surface area contributed by atoms with E-state index in [1.807, 2.05) is 18.2 Å². The number of nitrogens with zero attached hydrogens (tertiary/aromatic N) is 6. The number of halogens is 3. The summed E-state index contributed by atoms with van der Waals surface area (Å²) in [6, 6.07) is 7.77. The zero-order chi connectivity index (χ0) is 23.4. The topological polar surface area (TPSA) is 94.6 Å². The number of hydrogen-bond donors (Lipinski definition) is 2. The number of nitrogens with one attached hydrogen (secondary N) is 2. The highest BCUT2D eigenvalue weighted by molar-refractivity contribution is 5.77. The summed E-state index contributed by atoms with van der Waals surface area (Å²) >= 11 is 0. The van der Waals surface area contributed by atoms with Gasteiger partial charge in [-0.15, -0.1) is 0 Å². The molecule has 0 radical (unpaired) electrons. The third-order valence-corrected chi connectivity index (χ3v) is 6.09. The van der Waals surface area contributed by atoms with Crippen molar-refractivity contribution in [1.29, 1.82) is 0 Å². The van der Waals surface area contributed by atoms with E-state index in [9.17, 15) is 18.0 Å². The van der Waals surface area contributed by atoms with Gasteiger partial charge in [0.05, 0.1) is 6.04 Å². The second kappa shape index (κ2) is 7.69. The van der Waals surface area contributed by atoms with Crippen LogP contribution in [0.3, 0.4) is 0 Å². The van der Waals surface area contributed by atoms with Gasteiger partial charge in [-0.1, -0.05) is 6.07 Å². The van der Waals surface area contributed by atoms with Crippen molar-refractivity contribution in [2.24, 2.45) is 0 Å². The maximum absolute atomic E-state index is 13.3. The minimum absolute atomic E-state index is 0.00714. The van der Waals surface area contributed by atoms with Crippen LogP contribution in [0.4, 0.5) is 24.8 Å². The van der Waals surface area contributed by atoms with Crippen LogP contribution in [-0.2, 0) is 19.5 Å². The van der Waals surface area contributed by atoms with Gasteiger partial charge in [0.1, 0.15) is 11.9 Å². The third-order valence-electron chi connectivity index (χ3n) is 6.09. The van der Waals surface area contributed by atoms with Crippen LogP contribution in [0.1, 0.15) is 30.0 Å². The van der Waals surface area contributed by atoms with Crippen molar-refractivity contribution in [2.45, 2.75) is 44.6 Å². The Morgan fingerprint density at radius 2 is 2.03 bits per heavy atom. The van der Waals surface area contributed by atoms with E-state index >= 15 is 0 Å². The number of rotatable bonds is 5. The predicted molar refractivity (Wildman–Crippen MR) is 118 cm³/mol. The van der Waals surface area contributed by atoms with Gasteiger partial charge >= 0.3 is 6.18 Å². The number of anilines is 2. The highest BCUT2D eigenvalue weighted by atomic mass is 19.4. The van der Waals surface area contributed by atoms with Gasteiger partial charge in [0, 0.05) is 30.7 Å². The molecule has 1 aromatic carbocycles. The van der Waals surface area contributed by atoms with Gasteiger partial charge in [-0.3, -0.25) is 9.48 Å². The summed E-state index contributed by atoms with van der Waals surface area (Å²) in [5.41, 5.74) is 2.44. The van der Waals surface area contributed by atoms with Crippen molar-refractivity contribution in [3.8, 4) is 5.82 Å². The molecule has 4 heterocycles. The van der Waals surface area contributed by atoms with Crippen LogP contribution in [0.15, 0.2) is 41.5 Å². The molecule has 0 saturated heterocycles. The van der Waals surface area contributed by atoms with E-state index in [4.69, 9.17) is 0 Å². The van der Waals surface area contributed by atoms with E-state index in [2.05, 4.69) is 25.7 Å². The Morgan fingerprint density at radius 1 is 1.18 bits per heavy atom.